The van der Waals surface area contributed by atoms with Gasteiger partial charge in [-0.15, -0.1) is 0 Å². The van der Waals surface area contributed by atoms with E-state index in [1.807, 2.05) is 37.3 Å². The van der Waals surface area contributed by atoms with Crippen LogP contribution in [0.2, 0.25) is 5.02 Å². The zero-order valence-corrected chi connectivity index (χ0v) is 15.6. The van der Waals surface area contributed by atoms with Crippen LogP contribution in [0, 0.1) is 18.3 Å². The summed E-state index contributed by atoms with van der Waals surface area (Å²) in [6.07, 6.45) is 1.43. The van der Waals surface area contributed by atoms with Crippen molar-refractivity contribution >= 4 is 34.2 Å². The summed E-state index contributed by atoms with van der Waals surface area (Å²) in [6, 6.07) is 18.4. The second kappa shape index (κ2) is 7.14. The van der Waals surface area contributed by atoms with Crippen molar-refractivity contribution in [2.45, 2.75) is 6.92 Å². The van der Waals surface area contributed by atoms with Crippen LogP contribution in [-0.2, 0) is 0 Å². The molecule has 2 heterocycles. The van der Waals surface area contributed by atoms with Gasteiger partial charge in [-0.1, -0.05) is 41.9 Å². The molecule has 28 heavy (non-hydrogen) atoms. The Hall–Kier alpha value is -3.69. The number of halogens is 1. The van der Waals surface area contributed by atoms with Crippen LogP contribution in [0.25, 0.3) is 16.7 Å². The number of amides is 1. The molecule has 0 saturated heterocycles. The molecule has 0 aliphatic carbocycles. The number of rotatable bonds is 3. The van der Waals surface area contributed by atoms with E-state index in [0.29, 0.717) is 28.0 Å². The van der Waals surface area contributed by atoms with Crippen LogP contribution in [0.4, 0.5) is 5.69 Å². The normalized spacial score (nSPS) is 10.6. The lowest BCUT2D eigenvalue weighted by Crippen LogP contribution is -2.14. The number of nitrogens with one attached hydrogen (secondary N) is 1. The molecule has 0 aliphatic heterocycles. The maximum Gasteiger partial charge on any atom is 0.258 e. The molecule has 6 nitrogen and oxygen atoms in total. The van der Waals surface area contributed by atoms with Gasteiger partial charge in [0.25, 0.3) is 5.91 Å². The number of aromatic nitrogens is 3. The molecule has 0 saturated carbocycles. The fourth-order valence-electron chi connectivity index (χ4n) is 3.00. The van der Waals surface area contributed by atoms with Crippen LogP contribution in [0.1, 0.15) is 21.6 Å². The zero-order valence-electron chi connectivity index (χ0n) is 14.8. The van der Waals surface area contributed by atoms with Crippen molar-refractivity contribution in [2.75, 3.05) is 5.32 Å². The van der Waals surface area contributed by atoms with Gasteiger partial charge >= 0.3 is 0 Å². The van der Waals surface area contributed by atoms with Crippen LogP contribution < -0.4 is 5.32 Å². The maximum absolute atomic E-state index is 12.8. The number of hydrogen-bond donors (Lipinski definition) is 1. The molecule has 0 unspecified atom stereocenters. The summed E-state index contributed by atoms with van der Waals surface area (Å²) >= 11 is 6.56. The molecular weight excluding hydrogens is 374 g/mol. The number of fused-ring (bicyclic) bond motifs is 1. The second-order valence-corrected chi connectivity index (χ2v) is 6.51. The van der Waals surface area contributed by atoms with E-state index >= 15 is 0 Å². The van der Waals surface area contributed by atoms with Crippen LogP contribution in [0.3, 0.4) is 0 Å². The molecule has 0 bridgehead atoms. The summed E-state index contributed by atoms with van der Waals surface area (Å²) in [4.78, 5) is 17.2. The van der Waals surface area contributed by atoms with Gasteiger partial charge in [0.05, 0.1) is 38.6 Å². The Morgan fingerprint density at radius 2 is 1.86 bits per heavy atom. The first-order chi connectivity index (χ1) is 13.6. The van der Waals surface area contributed by atoms with Gasteiger partial charge < -0.3 is 5.32 Å². The standard InChI is InChI=1S/C21H14ClN5O/c1-13-18-19(22)16(21(28)25-17-10-6-5-7-14(17)11-23)12-24-20(18)27(26-13)15-8-3-2-4-9-15/h2-10,12H,1H3,(H,25,28). The first kappa shape index (κ1) is 17.7. The van der Waals surface area contributed by atoms with E-state index in [0.717, 1.165) is 5.69 Å². The SMILES string of the molecule is Cc1nn(-c2ccccc2)c2ncc(C(=O)Nc3ccccc3C#N)c(Cl)c12. The molecule has 1 N–H and O–H groups in total. The summed E-state index contributed by atoms with van der Waals surface area (Å²) < 4.78 is 1.70. The Bertz CT molecular complexity index is 1240. The number of aryl methyl sites for hydroxylation is 1. The van der Waals surface area contributed by atoms with Gasteiger partial charge in [0.1, 0.15) is 6.07 Å². The van der Waals surface area contributed by atoms with Gasteiger partial charge in [-0.3, -0.25) is 4.79 Å². The Balaban J connectivity index is 1.78. The molecule has 4 aromatic rings. The number of carbonyl (C=O) groups is 1. The van der Waals surface area contributed by atoms with Crippen molar-refractivity contribution in [3.63, 3.8) is 0 Å². The minimum atomic E-state index is -0.436. The van der Waals surface area contributed by atoms with Gasteiger partial charge in [0.2, 0.25) is 0 Å². The Morgan fingerprint density at radius 1 is 1.14 bits per heavy atom. The predicted octanol–water partition coefficient (Wildman–Crippen LogP) is 4.51. The van der Waals surface area contributed by atoms with E-state index in [4.69, 9.17) is 11.6 Å². The van der Waals surface area contributed by atoms with Gasteiger partial charge in [-0.2, -0.15) is 10.4 Å². The maximum atomic E-state index is 12.8. The van der Waals surface area contributed by atoms with E-state index in [1.54, 1.807) is 28.9 Å². The van der Waals surface area contributed by atoms with Crippen molar-refractivity contribution < 1.29 is 4.79 Å². The van der Waals surface area contributed by atoms with E-state index in [-0.39, 0.29) is 10.6 Å². The van der Waals surface area contributed by atoms with Crippen LogP contribution in [0.15, 0.2) is 60.8 Å². The second-order valence-electron chi connectivity index (χ2n) is 6.13. The minimum absolute atomic E-state index is 0.220. The lowest BCUT2D eigenvalue weighted by atomic mass is 10.1. The molecule has 0 radical (unpaired) electrons. The molecule has 0 atom stereocenters. The van der Waals surface area contributed by atoms with E-state index in [2.05, 4.69) is 21.5 Å². The third kappa shape index (κ3) is 2.98. The first-order valence-corrected chi connectivity index (χ1v) is 8.87. The third-order valence-corrected chi connectivity index (χ3v) is 4.74. The Morgan fingerprint density at radius 3 is 2.61 bits per heavy atom. The number of para-hydroxylation sites is 2. The predicted molar refractivity (Wildman–Crippen MR) is 108 cm³/mol. The smallest absolute Gasteiger partial charge is 0.258 e. The zero-order chi connectivity index (χ0) is 19.7. The lowest BCUT2D eigenvalue weighted by molar-refractivity contribution is 0.102. The molecule has 4 rings (SSSR count). The van der Waals surface area contributed by atoms with Crippen molar-refractivity contribution in [1.82, 2.24) is 14.8 Å². The van der Waals surface area contributed by atoms with Crippen LogP contribution in [-0.4, -0.2) is 20.7 Å². The molecular formula is C21H14ClN5O. The topological polar surface area (TPSA) is 83.6 Å². The first-order valence-electron chi connectivity index (χ1n) is 8.50. The average Bonchev–Trinajstić information content (AvgIpc) is 3.06. The number of nitriles is 1. The Kier molecular flexibility index (Phi) is 4.52. The summed E-state index contributed by atoms with van der Waals surface area (Å²) in [5, 5.41) is 17.3. The highest BCUT2D eigenvalue weighted by Gasteiger charge is 2.20. The van der Waals surface area contributed by atoms with Gasteiger partial charge in [-0.05, 0) is 31.2 Å². The minimum Gasteiger partial charge on any atom is -0.321 e. The van der Waals surface area contributed by atoms with Crippen molar-refractivity contribution in [3.05, 3.63) is 82.6 Å². The van der Waals surface area contributed by atoms with E-state index < -0.39 is 5.91 Å². The van der Waals surface area contributed by atoms with Crippen molar-refractivity contribution in [2.24, 2.45) is 0 Å². The fourth-order valence-corrected chi connectivity index (χ4v) is 3.35. The van der Waals surface area contributed by atoms with E-state index in [1.165, 1.54) is 6.20 Å². The highest BCUT2D eigenvalue weighted by atomic mass is 35.5. The molecule has 7 heteroatoms. The van der Waals surface area contributed by atoms with Gasteiger partial charge in [0, 0.05) is 6.20 Å². The van der Waals surface area contributed by atoms with Crippen molar-refractivity contribution in [1.29, 1.82) is 5.26 Å². The molecule has 1 amide bonds. The van der Waals surface area contributed by atoms with Crippen LogP contribution in [0.5, 0.6) is 0 Å². The van der Waals surface area contributed by atoms with Crippen molar-refractivity contribution in [3.8, 4) is 11.8 Å². The highest BCUT2D eigenvalue weighted by Crippen LogP contribution is 2.30. The quantitative estimate of drug-likeness (QED) is 0.560. The fraction of sp³-hybridized carbons (Fsp3) is 0.0476. The van der Waals surface area contributed by atoms with Crippen LogP contribution >= 0.6 is 11.6 Å². The average molecular weight is 388 g/mol. The summed E-state index contributed by atoms with van der Waals surface area (Å²) in [5.74, 6) is -0.436. The molecule has 2 aromatic carbocycles. The number of pyridine rings is 1. The number of hydrogen-bond acceptors (Lipinski definition) is 4. The monoisotopic (exact) mass is 387 g/mol. The largest absolute Gasteiger partial charge is 0.321 e. The summed E-state index contributed by atoms with van der Waals surface area (Å²) in [6.45, 7) is 1.82. The molecule has 0 aliphatic rings. The van der Waals surface area contributed by atoms with Gasteiger partial charge in [0.15, 0.2) is 5.65 Å². The number of carbonyl (C=O) groups excluding carboxylic acids is 1. The summed E-state index contributed by atoms with van der Waals surface area (Å²) in [5.41, 5.74) is 3.10. The lowest BCUT2D eigenvalue weighted by Gasteiger charge is -2.09. The molecule has 0 fully saturated rings. The number of nitrogens with zero attached hydrogens (tertiary/aromatic N) is 4. The number of anilines is 1. The molecule has 136 valence electrons. The number of benzene rings is 2. The molecule has 0 spiro atoms. The Labute approximate surface area is 166 Å². The van der Waals surface area contributed by atoms with E-state index in [9.17, 15) is 10.1 Å². The van der Waals surface area contributed by atoms with Gasteiger partial charge in [-0.25, -0.2) is 9.67 Å². The highest BCUT2D eigenvalue weighted by molar-refractivity contribution is 6.39. The summed E-state index contributed by atoms with van der Waals surface area (Å²) in [7, 11) is 0. The molecule has 2 aromatic heterocycles. The third-order valence-electron chi connectivity index (χ3n) is 4.35.